The van der Waals surface area contributed by atoms with E-state index >= 15 is 0 Å². The first kappa shape index (κ1) is 21.1. The summed E-state index contributed by atoms with van der Waals surface area (Å²) >= 11 is 0. The third kappa shape index (κ3) is 4.35. The molecule has 28 heavy (non-hydrogen) atoms. The maximum atomic E-state index is 13.3. The Bertz CT molecular complexity index is 766. The smallest absolute Gasteiger partial charge is 0.263 e. The van der Waals surface area contributed by atoms with Crippen molar-refractivity contribution in [1.82, 2.24) is 14.4 Å². The number of hydrogen-bond donors (Lipinski definition) is 0. The lowest BCUT2D eigenvalue weighted by molar-refractivity contribution is 0.0402. The first-order valence-corrected chi connectivity index (χ1v) is 11.0. The number of carbonyl (C=O) groups is 1. The summed E-state index contributed by atoms with van der Waals surface area (Å²) in [5.41, 5.74) is 1.94. The van der Waals surface area contributed by atoms with Gasteiger partial charge in [-0.3, -0.25) is 9.59 Å². The van der Waals surface area contributed by atoms with Gasteiger partial charge in [0.25, 0.3) is 11.5 Å². The largest absolute Gasteiger partial charge is 0.341 e. The summed E-state index contributed by atoms with van der Waals surface area (Å²) in [6.45, 7) is 11.8. The molecule has 156 valence electrons. The second kappa shape index (κ2) is 8.81. The van der Waals surface area contributed by atoms with E-state index < -0.39 is 0 Å². The predicted octanol–water partition coefficient (Wildman–Crippen LogP) is 3.46. The fourth-order valence-electron chi connectivity index (χ4n) is 5.20. The van der Waals surface area contributed by atoms with Crippen molar-refractivity contribution in [3.8, 4) is 0 Å². The summed E-state index contributed by atoms with van der Waals surface area (Å²) in [6.07, 6.45) is 6.25. The quantitative estimate of drug-likeness (QED) is 0.777. The Hall–Kier alpha value is -1.62. The molecule has 0 spiro atoms. The number of pyridine rings is 1. The molecule has 0 unspecified atom stereocenters. The van der Waals surface area contributed by atoms with E-state index in [4.69, 9.17) is 0 Å². The number of hydrogen-bond acceptors (Lipinski definition) is 3. The molecule has 0 saturated carbocycles. The monoisotopic (exact) mass is 387 g/mol. The predicted molar refractivity (Wildman–Crippen MR) is 114 cm³/mol. The topological polar surface area (TPSA) is 45.6 Å². The minimum Gasteiger partial charge on any atom is -0.341 e. The molecule has 0 radical (unpaired) electrons. The lowest BCUT2D eigenvalue weighted by atomic mass is 9.83. The minimum absolute atomic E-state index is 0.118. The number of nitrogens with zero attached hydrogens (tertiary/aromatic N) is 3. The standard InChI is InChI=1S/C23H37N3O2/c1-16(2)14-26-18(4)13-17(3)21(23(26)28)22(27)24(5)15-19-9-8-12-25-11-7-6-10-20(19)25/h13,16,19-20H,6-12,14-15H2,1-5H3/t19-,20-/m1/s1. The average Bonchev–Trinajstić information content (AvgIpc) is 2.65. The summed E-state index contributed by atoms with van der Waals surface area (Å²) < 4.78 is 1.77. The van der Waals surface area contributed by atoms with Gasteiger partial charge in [-0.1, -0.05) is 20.3 Å². The van der Waals surface area contributed by atoms with Crippen LogP contribution in [0.25, 0.3) is 0 Å². The van der Waals surface area contributed by atoms with Crippen LogP contribution < -0.4 is 5.56 Å². The van der Waals surface area contributed by atoms with Gasteiger partial charge in [0.05, 0.1) is 0 Å². The molecule has 2 fully saturated rings. The van der Waals surface area contributed by atoms with Crippen molar-refractivity contribution in [2.75, 3.05) is 26.7 Å². The fraction of sp³-hybridized carbons (Fsp3) is 0.739. The van der Waals surface area contributed by atoms with Gasteiger partial charge in [0.15, 0.2) is 0 Å². The van der Waals surface area contributed by atoms with Crippen molar-refractivity contribution in [2.24, 2.45) is 11.8 Å². The minimum atomic E-state index is -0.133. The normalized spacial score (nSPS) is 22.9. The molecule has 0 aliphatic carbocycles. The first-order valence-electron chi connectivity index (χ1n) is 11.0. The molecule has 2 atom stereocenters. The van der Waals surface area contributed by atoms with Crippen LogP contribution in [0, 0.1) is 25.7 Å². The Kier molecular flexibility index (Phi) is 6.64. The molecule has 3 rings (SSSR count). The van der Waals surface area contributed by atoms with Crippen LogP contribution in [-0.2, 0) is 6.54 Å². The SMILES string of the molecule is Cc1cc(C)n(CC(C)C)c(=O)c1C(=O)N(C)C[C@H]1CCCN2CCCC[C@H]12. The van der Waals surface area contributed by atoms with E-state index in [0.717, 1.165) is 17.8 Å². The highest BCUT2D eigenvalue weighted by Crippen LogP contribution is 2.31. The van der Waals surface area contributed by atoms with Crippen LogP contribution in [0.2, 0.25) is 0 Å². The van der Waals surface area contributed by atoms with E-state index in [1.54, 1.807) is 4.57 Å². The molecule has 0 N–H and O–H groups in total. The van der Waals surface area contributed by atoms with Crippen molar-refractivity contribution < 1.29 is 4.79 Å². The van der Waals surface area contributed by atoms with E-state index in [-0.39, 0.29) is 11.5 Å². The van der Waals surface area contributed by atoms with Crippen LogP contribution in [-0.4, -0.2) is 53.0 Å². The van der Waals surface area contributed by atoms with E-state index in [0.29, 0.717) is 30.0 Å². The number of aromatic nitrogens is 1. The summed E-state index contributed by atoms with van der Waals surface area (Å²) in [4.78, 5) is 30.8. The van der Waals surface area contributed by atoms with Crippen LogP contribution in [0.5, 0.6) is 0 Å². The molecule has 3 heterocycles. The lowest BCUT2D eigenvalue weighted by Gasteiger charge is -2.45. The molecule has 0 aromatic carbocycles. The van der Waals surface area contributed by atoms with Crippen molar-refractivity contribution in [3.63, 3.8) is 0 Å². The van der Waals surface area contributed by atoms with Gasteiger partial charge in [-0.05, 0) is 76.1 Å². The van der Waals surface area contributed by atoms with Crippen molar-refractivity contribution >= 4 is 5.91 Å². The Morgan fingerprint density at radius 3 is 2.61 bits per heavy atom. The van der Waals surface area contributed by atoms with Crippen molar-refractivity contribution in [1.29, 1.82) is 0 Å². The van der Waals surface area contributed by atoms with Gasteiger partial charge in [0, 0.05) is 31.9 Å². The van der Waals surface area contributed by atoms with E-state index in [1.807, 2.05) is 31.9 Å². The maximum Gasteiger partial charge on any atom is 0.263 e. The number of fused-ring (bicyclic) bond motifs is 1. The molecule has 5 nitrogen and oxygen atoms in total. The Labute approximate surface area is 169 Å². The maximum absolute atomic E-state index is 13.3. The van der Waals surface area contributed by atoms with Gasteiger partial charge in [-0.2, -0.15) is 0 Å². The Morgan fingerprint density at radius 2 is 1.89 bits per heavy atom. The van der Waals surface area contributed by atoms with Gasteiger partial charge in [0.2, 0.25) is 0 Å². The molecular weight excluding hydrogens is 350 g/mol. The molecule has 2 saturated heterocycles. The highest BCUT2D eigenvalue weighted by Gasteiger charge is 2.34. The lowest BCUT2D eigenvalue weighted by Crippen LogP contribution is -2.51. The number of aryl methyl sites for hydroxylation is 2. The van der Waals surface area contributed by atoms with Crippen LogP contribution in [0.4, 0.5) is 0 Å². The average molecular weight is 388 g/mol. The second-order valence-electron chi connectivity index (χ2n) is 9.34. The molecule has 1 aromatic rings. The molecule has 0 bridgehead atoms. The Balaban J connectivity index is 1.80. The van der Waals surface area contributed by atoms with Crippen LogP contribution in [0.15, 0.2) is 10.9 Å². The third-order valence-electron chi connectivity index (χ3n) is 6.55. The zero-order chi connectivity index (χ0) is 20.4. The molecule has 2 aliphatic rings. The van der Waals surface area contributed by atoms with Gasteiger partial charge < -0.3 is 14.4 Å². The fourth-order valence-corrected chi connectivity index (χ4v) is 5.20. The van der Waals surface area contributed by atoms with Crippen molar-refractivity contribution in [3.05, 3.63) is 33.2 Å². The summed E-state index contributed by atoms with van der Waals surface area (Å²) in [5, 5.41) is 0. The Morgan fingerprint density at radius 1 is 1.18 bits per heavy atom. The van der Waals surface area contributed by atoms with Gasteiger partial charge in [-0.15, -0.1) is 0 Å². The molecular formula is C23H37N3O2. The number of piperidine rings is 2. The van der Waals surface area contributed by atoms with Gasteiger partial charge in [0.1, 0.15) is 5.56 Å². The summed E-state index contributed by atoms with van der Waals surface area (Å²) in [6, 6.07) is 2.59. The zero-order valence-electron chi connectivity index (χ0n) is 18.3. The first-order chi connectivity index (χ1) is 13.3. The van der Waals surface area contributed by atoms with E-state index in [2.05, 4.69) is 18.7 Å². The van der Waals surface area contributed by atoms with Crippen molar-refractivity contribution in [2.45, 2.75) is 72.4 Å². The number of amides is 1. The number of rotatable bonds is 5. The van der Waals surface area contributed by atoms with E-state index in [9.17, 15) is 9.59 Å². The highest BCUT2D eigenvalue weighted by molar-refractivity contribution is 5.95. The van der Waals surface area contributed by atoms with Crippen LogP contribution in [0.3, 0.4) is 0 Å². The molecule has 2 aliphatic heterocycles. The highest BCUT2D eigenvalue weighted by atomic mass is 16.2. The van der Waals surface area contributed by atoms with Gasteiger partial charge in [-0.25, -0.2) is 0 Å². The second-order valence-corrected chi connectivity index (χ2v) is 9.34. The third-order valence-corrected chi connectivity index (χ3v) is 6.55. The number of carbonyl (C=O) groups excluding carboxylic acids is 1. The van der Waals surface area contributed by atoms with Crippen LogP contribution >= 0.6 is 0 Å². The van der Waals surface area contributed by atoms with Crippen LogP contribution in [0.1, 0.15) is 67.6 Å². The molecule has 5 heteroatoms. The molecule has 1 aromatic heterocycles. The zero-order valence-corrected chi connectivity index (χ0v) is 18.3. The molecule has 1 amide bonds. The summed E-state index contributed by atoms with van der Waals surface area (Å²) in [7, 11) is 1.87. The summed E-state index contributed by atoms with van der Waals surface area (Å²) in [5.74, 6) is 0.763. The van der Waals surface area contributed by atoms with Gasteiger partial charge >= 0.3 is 0 Å². The van der Waals surface area contributed by atoms with E-state index in [1.165, 1.54) is 45.2 Å².